The number of aliphatic hydroxyl groups excluding tert-OH is 1. The fraction of sp³-hybridized carbons (Fsp3) is 1.00. The van der Waals surface area contributed by atoms with Crippen molar-refractivity contribution in [2.24, 2.45) is 0 Å². The van der Waals surface area contributed by atoms with E-state index < -0.39 is 0 Å². The van der Waals surface area contributed by atoms with Crippen LogP contribution in [0.1, 0.15) is 19.8 Å². The molecule has 3 nitrogen and oxygen atoms in total. The Kier molecular flexibility index (Phi) is 2.35. The SMILES string of the molecule is CC1CN2[C@H](CC[C@@H]2CO)CO1. The number of aliphatic hydroxyl groups is 1. The summed E-state index contributed by atoms with van der Waals surface area (Å²) >= 11 is 0. The second-order valence-corrected chi connectivity index (χ2v) is 3.91. The van der Waals surface area contributed by atoms with E-state index in [9.17, 15) is 0 Å². The number of fused-ring (bicyclic) bond motifs is 1. The van der Waals surface area contributed by atoms with Gasteiger partial charge in [-0.2, -0.15) is 0 Å². The normalized spacial score (nSPS) is 43.0. The van der Waals surface area contributed by atoms with Gasteiger partial charge in [0, 0.05) is 18.6 Å². The molecule has 0 aromatic heterocycles. The van der Waals surface area contributed by atoms with Crippen LogP contribution < -0.4 is 0 Å². The molecule has 2 heterocycles. The van der Waals surface area contributed by atoms with E-state index >= 15 is 0 Å². The third kappa shape index (κ3) is 1.37. The number of morpholine rings is 1. The Bertz CT molecular complexity index is 157. The van der Waals surface area contributed by atoms with Crippen LogP contribution in [0.25, 0.3) is 0 Å². The third-order valence-corrected chi connectivity index (χ3v) is 3.02. The van der Waals surface area contributed by atoms with Crippen LogP contribution >= 0.6 is 0 Å². The van der Waals surface area contributed by atoms with E-state index in [0.717, 1.165) is 19.6 Å². The molecule has 1 unspecified atom stereocenters. The van der Waals surface area contributed by atoms with E-state index in [1.807, 2.05) is 0 Å². The zero-order valence-electron chi connectivity index (χ0n) is 7.57. The molecular formula is C9H17NO2. The Morgan fingerprint density at radius 1 is 1.50 bits per heavy atom. The van der Waals surface area contributed by atoms with Gasteiger partial charge in [-0.25, -0.2) is 0 Å². The largest absolute Gasteiger partial charge is 0.395 e. The van der Waals surface area contributed by atoms with Gasteiger partial charge in [-0.1, -0.05) is 0 Å². The van der Waals surface area contributed by atoms with Gasteiger partial charge >= 0.3 is 0 Å². The zero-order valence-corrected chi connectivity index (χ0v) is 7.57. The number of ether oxygens (including phenoxy) is 1. The molecule has 2 saturated heterocycles. The van der Waals surface area contributed by atoms with Gasteiger partial charge in [0.1, 0.15) is 0 Å². The highest BCUT2D eigenvalue weighted by atomic mass is 16.5. The van der Waals surface area contributed by atoms with Crippen molar-refractivity contribution < 1.29 is 9.84 Å². The molecule has 0 aliphatic carbocycles. The van der Waals surface area contributed by atoms with Gasteiger partial charge in [-0.3, -0.25) is 4.90 Å². The quantitative estimate of drug-likeness (QED) is 0.613. The summed E-state index contributed by atoms with van der Waals surface area (Å²) in [6.45, 7) is 4.26. The van der Waals surface area contributed by atoms with E-state index in [1.54, 1.807) is 0 Å². The Morgan fingerprint density at radius 3 is 3.08 bits per heavy atom. The van der Waals surface area contributed by atoms with Gasteiger partial charge in [-0.15, -0.1) is 0 Å². The summed E-state index contributed by atoms with van der Waals surface area (Å²) in [5.74, 6) is 0. The summed E-state index contributed by atoms with van der Waals surface area (Å²) in [7, 11) is 0. The van der Waals surface area contributed by atoms with Crippen LogP contribution in [0.4, 0.5) is 0 Å². The highest BCUT2D eigenvalue weighted by Crippen LogP contribution is 2.27. The molecule has 0 aromatic rings. The molecule has 3 heteroatoms. The highest BCUT2D eigenvalue weighted by Gasteiger charge is 2.36. The van der Waals surface area contributed by atoms with E-state index in [0.29, 0.717) is 24.8 Å². The second-order valence-electron chi connectivity index (χ2n) is 3.91. The maximum atomic E-state index is 9.11. The summed E-state index contributed by atoms with van der Waals surface area (Å²) in [6, 6.07) is 0.986. The lowest BCUT2D eigenvalue weighted by Gasteiger charge is -2.36. The molecule has 12 heavy (non-hydrogen) atoms. The van der Waals surface area contributed by atoms with Gasteiger partial charge in [0.2, 0.25) is 0 Å². The van der Waals surface area contributed by atoms with Crippen molar-refractivity contribution in [1.29, 1.82) is 0 Å². The van der Waals surface area contributed by atoms with E-state index in [1.165, 1.54) is 6.42 Å². The summed E-state index contributed by atoms with van der Waals surface area (Å²) in [6.07, 6.45) is 2.67. The summed E-state index contributed by atoms with van der Waals surface area (Å²) in [5.41, 5.74) is 0. The molecule has 2 rings (SSSR count). The molecule has 0 spiro atoms. The van der Waals surface area contributed by atoms with Crippen molar-refractivity contribution in [1.82, 2.24) is 4.90 Å². The average molecular weight is 171 g/mol. The molecular weight excluding hydrogens is 154 g/mol. The van der Waals surface area contributed by atoms with Crippen molar-refractivity contribution in [3.05, 3.63) is 0 Å². The number of hydrogen-bond acceptors (Lipinski definition) is 3. The molecule has 1 N–H and O–H groups in total. The Hall–Kier alpha value is -0.120. The highest BCUT2D eigenvalue weighted by molar-refractivity contribution is 4.90. The topological polar surface area (TPSA) is 32.7 Å². The third-order valence-electron chi connectivity index (χ3n) is 3.02. The van der Waals surface area contributed by atoms with E-state index in [4.69, 9.17) is 9.84 Å². The molecule has 2 aliphatic rings. The van der Waals surface area contributed by atoms with Crippen LogP contribution in [0.2, 0.25) is 0 Å². The van der Waals surface area contributed by atoms with Gasteiger partial charge in [-0.05, 0) is 19.8 Å². The molecule has 2 fully saturated rings. The first-order valence-corrected chi connectivity index (χ1v) is 4.79. The molecule has 0 aromatic carbocycles. The first-order chi connectivity index (χ1) is 5.81. The van der Waals surface area contributed by atoms with Crippen molar-refractivity contribution in [2.75, 3.05) is 19.8 Å². The lowest BCUT2D eigenvalue weighted by atomic mass is 10.2. The summed E-state index contributed by atoms with van der Waals surface area (Å²) < 4.78 is 5.56. The van der Waals surface area contributed by atoms with Crippen LogP contribution in [0.15, 0.2) is 0 Å². The van der Waals surface area contributed by atoms with Crippen molar-refractivity contribution in [2.45, 2.75) is 38.0 Å². The smallest absolute Gasteiger partial charge is 0.0674 e. The maximum Gasteiger partial charge on any atom is 0.0674 e. The predicted molar refractivity (Wildman–Crippen MR) is 46.0 cm³/mol. The zero-order chi connectivity index (χ0) is 8.55. The van der Waals surface area contributed by atoms with E-state index in [-0.39, 0.29) is 0 Å². The number of hydrogen-bond donors (Lipinski definition) is 1. The molecule has 3 atom stereocenters. The van der Waals surface area contributed by atoms with Crippen LogP contribution in [-0.4, -0.2) is 48.0 Å². The first kappa shape index (κ1) is 8.48. The lowest BCUT2D eigenvalue weighted by molar-refractivity contribution is -0.0565. The van der Waals surface area contributed by atoms with Gasteiger partial charge in [0.25, 0.3) is 0 Å². The van der Waals surface area contributed by atoms with Gasteiger partial charge < -0.3 is 9.84 Å². The van der Waals surface area contributed by atoms with Crippen molar-refractivity contribution in [3.8, 4) is 0 Å². The molecule has 2 aliphatic heterocycles. The van der Waals surface area contributed by atoms with Crippen LogP contribution in [0.3, 0.4) is 0 Å². The first-order valence-electron chi connectivity index (χ1n) is 4.79. The van der Waals surface area contributed by atoms with Crippen LogP contribution in [0.5, 0.6) is 0 Å². The van der Waals surface area contributed by atoms with Crippen molar-refractivity contribution >= 4 is 0 Å². The minimum absolute atomic E-state index is 0.309. The van der Waals surface area contributed by atoms with Gasteiger partial charge in [0.15, 0.2) is 0 Å². The lowest BCUT2D eigenvalue weighted by Crippen LogP contribution is -2.49. The fourth-order valence-electron chi connectivity index (χ4n) is 2.31. The molecule has 0 bridgehead atoms. The van der Waals surface area contributed by atoms with Crippen LogP contribution in [0, 0.1) is 0 Å². The number of rotatable bonds is 1. The van der Waals surface area contributed by atoms with E-state index in [2.05, 4.69) is 11.8 Å². The maximum absolute atomic E-state index is 9.11. The average Bonchev–Trinajstić information content (AvgIpc) is 2.46. The van der Waals surface area contributed by atoms with Gasteiger partial charge in [0.05, 0.1) is 19.3 Å². The minimum Gasteiger partial charge on any atom is -0.395 e. The Labute approximate surface area is 73.3 Å². The monoisotopic (exact) mass is 171 g/mol. The fourth-order valence-corrected chi connectivity index (χ4v) is 2.31. The molecule has 0 radical (unpaired) electrons. The van der Waals surface area contributed by atoms with Crippen LogP contribution in [-0.2, 0) is 4.74 Å². The molecule has 0 amide bonds. The Morgan fingerprint density at radius 2 is 2.33 bits per heavy atom. The minimum atomic E-state index is 0.309. The summed E-state index contributed by atoms with van der Waals surface area (Å²) in [5, 5.41) is 9.11. The standard InChI is InChI=1S/C9H17NO2/c1-7-4-10-8(5-11)2-3-9(10)6-12-7/h7-9,11H,2-6H2,1H3/t7?,8-,9-/m1/s1. The summed E-state index contributed by atoms with van der Waals surface area (Å²) in [4.78, 5) is 2.41. The Balaban J connectivity index is 2.00. The predicted octanol–water partition coefficient (Wildman–Crippen LogP) is 0.230. The number of nitrogens with zero attached hydrogens (tertiary/aromatic N) is 1. The van der Waals surface area contributed by atoms with Crippen molar-refractivity contribution in [3.63, 3.8) is 0 Å². The molecule has 0 saturated carbocycles. The molecule has 70 valence electrons. The second kappa shape index (κ2) is 3.32.